The fourth-order valence-electron chi connectivity index (χ4n) is 0.914. The Labute approximate surface area is 91.1 Å². The van der Waals surface area contributed by atoms with E-state index in [1.807, 2.05) is 0 Å². The van der Waals surface area contributed by atoms with E-state index in [4.69, 9.17) is 0 Å². The molecule has 1 atom stereocenters. The standard InChI is InChI=1S/C9H19NO4S/c1-7(2)15(12,13)6-5-10-8(3)9(11)14-4/h7-8,10H,5-6H2,1-4H3. The Morgan fingerprint density at radius 1 is 1.33 bits per heavy atom. The maximum absolute atomic E-state index is 11.4. The summed E-state index contributed by atoms with van der Waals surface area (Å²) in [5, 5.41) is 2.41. The third kappa shape index (κ3) is 5.13. The smallest absolute Gasteiger partial charge is 0.322 e. The fraction of sp³-hybridized carbons (Fsp3) is 0.889. The van der Waals surface area contributed by atoms with Gasteiger partial charge in [0, 0.05) is 6.54 Å². The van der Waals surface area contributed by atoms with Crippen molar-refractivity contribution in [3.63, 3.8) is 0 Å². The summed E-state index contributed by atoms with van der Waals surface area (Å²) in [6.45, 7) is 5.17. The molecule has 0 aromatic carbocycles. The summed E-state index contributed by atoms with van der Waals surface area (Å²) in [6.07, 6.45) is 0. The normalized spacial score (nSPS) is 13.9. The van der Waals surface area contributed by atoms with Crippen LogP contribution in [0, 0.1) is 0 Å². The van der Waals surface area contributed by atoms with Crippen molar-refractivity contribution in [2.24, 2.45) is 0 Å². The zero-order valence-corrected chi connectivity index (χ0v) is 10.4. The highest BCUT2D eigenvalue weighted by atomic mass is 32.2. The van der Waals surface area contributed by atoms with Crippen LogP contribution in [0.4, 0.5) is 0 Å². The molecule has 1 unspecified atom stereocenters. The third-order valence-corrected chi connectivity index (χ3v) is 4.32. The molecule has 1 N–H and O–H groups in total. The van der Waals surface area contributed by atoms with E-state index in [0.29, 0.717) is 0 Å². The van der Waals surface area contributed by atoms with Crippen LogP contribution in [-0.2, 0) is 19.4 Å². The maximum Gasteiger partial charge on any atom is 0.322 e. The van der Waals surface area contributed by atoms with Crippen molar-refractivity contribution in [1.29, 1.82) is 0 Å². The predicted molar refractivity (Wildman–Crippen MR) is 58.4 cm³/mol. The summed E-state index contributed by atoms with van der Waals surface area (Å²) in [6, 6.07) is -0.475. The van der Waals surface area contributed by atoms with Gasteiger partial charge in [-0.1, -0.05) is 0 Å². The molecule has 0 heterocycles. The van der Waals surface area contributed by atoms with Gasteiger partial charge in [0.15, 0.2) is 9.84 Å². The van der Waals surface area contributed by atoms with Crippen molar-refractivity contribution < 1.29 is 17.9 Å². The van der Waals surface area contributed by atoms with Crippen LogP contribution in [-0.4, -0.2) is 45.1 Å². The minimum atomic E-state index is -3.04. The fourth-order valence-corrected chi connectivity index (χ4v) is 1.79. The van der Waals surface area contributed by atoms with Crippen molar-refractivity contribution in [3.8, 4) is 0 Å². The second-order valence-electron chi connectivity index (χ2n) is 3.61. The number of methoxy groups -OCH3 is 1. The number of hydrogen-bond acceptors (Lipinski definition) is 5. The summed E-state index contributed by atoms with van der Waals surface area (Å²) in [5.41, 5.74) is 0. The van der Waals surface area contributed by atoms with E-state index in [1.165, 1.54) is 7.11 Å². The molecule has 0 aliphatic rings. The van der Waals surface area contributed by atoms with E-state index in [1.54, 1.807) is 20.8 Å². The Bertz CT molecular complexity index is 297. The van der Waals surface area contributed by atoms with Gasteiger partial charge in [0.25, 0.3) is 0 Å². The van der Waals surface area contributed by atoms with Crippen molar-refractivity contribution >= 4 is 15.8 Å². The van der Waals surface area contributed by atoms with Gasteiger partial charge in [-0.2, -0.15) is 0 Å². The molecule has 0 aliphatic carbocycles. The summed E-state index contributed by atoms with van der Waals surface area (Å²) in [7, 11) is -1.74. The molecule has 6 heteroatoms. The third-order valence-electron chi connectivity index (χ3n) is 2.11. The van der Waals surface area contributed by atoms with E-state index in [-0.39, 0.29) is 17.5 Å². The molecule has 90 valence electrons. The van der Waals surface area contributed by atoms with E-state index in [9.17, 15) is 13.2 Å². The Morgan fingerprint density at radius 2 is 1.87 bits per heavy atom. The highest BCUT2D eigenvalue weighted by molar-refractivity contribution is 7.92. The second-order valence-corrected chi connectivity index (χ2v) is 6.29. The number of carbonyl (C=O) groups is 1. The Hall–Kier alpha value is -0.620. The van der Waals surface area contributed by atoms with Gasteiger partial charge >= 0.3 is 5.97 Å². The average Bonchev–Trinajstić information content (AvgIpc) is 2.15. The molecule has 5 nitrogen and oxygen atoms in total. The zero-order chi connectivity index (χ0) is 12.1. The van der Waals surface area contributed by atoms with Gasteiger partial charge in [-0.15, -0.1) is 0 Å². The first-order chi connectivity index (χ1) is 6.81. The lowest BCUT2D eigenvalue weighted by Gasteiger charge is -2.12. The predicted octanol–water partition coefficient (Wildman–Crippen LogP) is -0.0393. The van der Waals surface area contributed by atoms with Crippen LogP contribution in [0.1, 0.15) is 20.8 Å². The van der Waals surface area contributed by atoms with Gasteiger partial charge in [0.05, 0.1) is 18.1 Å². The number of carbonyl (C=O) groups excluding carboxylic acids is 1. The van der Waals surface area contributed by atoms with Crippen molar-refractivity contribution in [3.05, 3.63) is 0 Å². The highest BCUT2D eigenvalue weighted by Crippen LogP contribution is 1.99. The van der Waals surface area contributed by atoms with E-state index in [0.717, 1.165) is 0 Å². The molecule has 0 aliphatic heterocycles. The largest absolute Gasteiger partial charge is 0.468 e. The lowest BCUT2D eigenvalue weighted by atomic mass is 10.3. The van der Waals surface area contributed by atoms with Crippen LogP contribution < -0.4 is 5.32 Å². The first-order valence-corrected chi connectivity index (χ1v) is 6.55. The van der Waals surface area contributed by atoms with E-state index in [2.05, 4.69) is 10.1 Å². The lowest BCUT2D eigenvalue weighted by molar-refractivity contribution is -0.142. The first-order valence-electron chi connectivity index (χ1n) is 4.84. The number of nitrogens with one attached hydrogen (secondary N) is 1. The minimum Gasteiger partial charge on any atom is -0.468 e. The van der Waals surface area contributed by atoms with E-state index >= 15 is 0 Å². The molecule has 0 bridgehead atoms. The van der Waals surface area contributed by atoms with E-state index < -0.39 is 21.8 Å². The van der Waals surface area contributed by atoms with Gasteiger partial charge in [0.1, 0.15) is 6.04 Å². The number of sulfone groups is 1. The van der Waals surface area contributed by atoms with Gasteiger partial charge in [-0.3, -0.25) is 4.79 Å². The molecule has 0 spiro atoms. The zero-order valence-electron chi connectivity index (χ0n) is 9.61. The minimum absolute atomic E-state index is 0.0337. The number of ether oxygens (including phenoxy) is 1. The maximum atomic E-state index is 11.4. The summed E-state index contributed by atoms with van der Waals surface area (Å²) < 4.78 is 27.3. The molecule has 0 rings (SSSR count). The quantitative estimate of drug-likeness (QED) is 0.656. The molecule has 0 aromatic rings. The van der Waals surface area contributed by atoms with Crippen LogP contribution >= 0.6 is 0 Å². The second kappa shape index (κ2) is 6.07. The molecule has 0 fully saturated rings. The number of rotatable bonds is 6. The van der Waals surface area contributed by atoms with Gasteiger partial charge in [-0.25, -0.2) is 8.42 Å². The summed E-state index contributed by atoms with van der Waals surface area (Å²) in [4.78, 5) is 11.0. The van der Waals surface area contributed by atoms with Crippen molar-refractivity contribution in [2.75, 3.05) is 19.4 Å². The van der Waals surface area contributed by atoms with Gasteiger partial charge in [0.2, 0.25) is 0 Å². The van der Waals surface area contributed by atoms with Crippen LogP contribution in [0.15, 0.2) is 0 Å². The van der Waals surface area contributed by atoms with Crippen LogP contribution in [0.3, 0.4) is 0 Å². The number of esters is 1. The lowest BCUT2D eigenvalue weighted by Crippen LogP contribution is -2.38. The molecule has 0 aromatic heterocycles. The van der Waals surface area contributed by atoms with Crippen LogP contribution in [0.2, 0.25) is 0 Å². The molecule has 15 heavy (non-hydrogen) atoms. The molecule has 0 amide bonds. The Balaban J connectivity index is 3.95. The average molecular weight is 237 g/mol. The summed E-state index contributed by atoms with van der Waals surface area (Å²) in [5.74, 6) is -0.358. The SMILES string of the molecule is COC(=O)C(C)NCCS(=O)(=O)C(C)C. The Morgan fingerprint density at radius 3 is 2.27 bits per heavy atom. The van der Waals surface area contributed by atoms with Crippen molar-refractivity contribution in [1.82, 2.24) is 5.32 Å². The molecular weight excluding hydrogens is 218 g/mol. The first kappa shape index (κ1) is 14.4. The Kier molecular flexibility index (Phi) is 5.82. The molecule has 0 radical (unpaired) electrons. The highest BCUT2D eigenvalue weighted by Gasteiger charge is 2.17. The van der Waals surface area contributed by atoms with Crippen molar-refractivity contribution in [2.45, 2.75) is 32.1 Å². The monoisotopic (exact) mass is 237 g/mol. The molecule has 0 saturated carbocycles. The van der Waals surface area contributed by atoms with Gasteiger partial charge in [-0.05, 0) is 20.8 Å². The summed E-state index contributed by atoms with van der Waals surface area (Å²) >= 11 is 0. The van der Waals surface area contributed by atoms with Crippen LogP contribution in [0.25, 0.3) is 0 Å². The van der Waals surface area contributed by atoms with Crippen LogP contribution in [0.5, 0.6) is 0 Å². The van der Waals surface area contributed by atoms with Gasteiger partial charge < -0.3 is 10.1 Å². The molecular formula is C9H19NO4S. The topological polar surface area (TPSA) is 72.5 Å². The molecule has 0 saturated heterocycles. The number of hydrogen-bond donors (Lipinski definition) is 1.